The molecule has 0 amide bonds. The highest BCUT2D eigenvalue weighted by Gasteiger charge is 2.17. The van der Waals surface area contributed by atoms with Crippen molar-refractivity contribution in [3.05, 3.63) is 17.5 Å². The van der Waals surface area contributed by atoms with Crippen molar-refractivity contribution in [3.63, 3.8) is 0 Å². The first-order valence-corrected chi connectivity index (χ1v) is 5.57. The van der Waals surface area contributed by atoms with Crippen molar-refractivity contribution in [2.24, 2.45) is 0 Å². The molecular weight excluding hydrogens is 200 g/mol. The van der Waals surface area contributed by atoms with E-state index in [2.05, 4.69) is 5.10 Å². The van der Waals surface area contributed by atoms with Gasteiger partial charge in [0.1, 0.15) is 6.23 Å². The molecule has 2 heterocycles. The average Bonchev–Trinajstić information content (AvgIpc) is 2.61. The number of hydrogen-bond donors (Lipinski definition) is 0. The Labute approximate surface area is 89.0 Å². The van der Waals surface area contributed by atoms with Crippen molar-refractivity contribution in [2.75, 3.05) is 6.61 Å². The van der Waals surface area contributed by atoms with E-state index in [1.54, 1.807) is 0 Å². The van der Waals surface area contributed by atoms with Crippen LogP contribution < -0.4 is 0 Å². The number of nitrogens with zero attached hydrogens (tertiary/aromatic N) is 2. The Morgan fingerprint density at radius 3 is 3.07 bits per heavy atom. The van der Waals surface area contributed by atoms with E-state index in [9.17, 15) is 0 Å². The van der Waals surface area contributed by atoms with Crippen molar-refractivity contribution in [3.8, 4) is 0 Å². The molecule has 0 aliphatic carbocycles. The van der Waals surface area contributed by atoms with E-state index < -0.39 is 0 Å². The predicted octanol–water partition coefficient (Wildman–Crippen LogP) is 2.63. The molecule has 78 valence electrons. The molecule has 1 fully saturated rings. The lowest BCUT2D eigenvalue weighted by Crippen LogP contribution is -2.18. The smallest absolute Gasteiger partial charge is 0.150 e. The number of aromatic nitrogens is 2. The van der Waals surface area contributed by atoms with Gasteiger partial charge >= 0.3 is 0 Å². The van der Waals surface area contributed by atoms with Gasteiger partial charge in [0.2, 0.25) is 0 Å². The molecule has 0 saturated carbocycles. The monoisotopic (exact) mass is 214 g/mol. The van der Waals surface area contributed by atoms with Gasteiger partial charge in [-0.15, -0.1) is 11.6 Å². The van der Waals surface area contributed by atoms with Crippen LogP contribution in [0, 0.1) is 6.92 Å². The molecule has 2 rings (SSSR count). The van der Waals surface area contributed by atoms with Crippen LogP contribution in [0.15, 0.2) is 6.20 Å². The number of halogens is 1. The fraction of sp³-hybridized carbons (Fsp3) is 0.700. The van der Waals surface area contributed by atoms with E-state index in [1.165, 1.54) is 12.8 Å². The molecule has 1 aromatic rings. The minimum atomic E-state index is 0.124. The van der Waals surface area contributed by atoms with E-state index in [-0.39, 0.29) is 6.23 Å². The van der Waals surface area contributed by atoms with Crippen LogP contribution in [0.3, 0.4) is 0 Å². The highest BCUT2D eigenvalue weighted by atomic mass is 35.5. The SMILES string of the molecule is Cc1nn(C2CCCCO2)cc1CCl. The summed E-state index contributed by atoms with van der Waals surface area (Å²) in [4.78, 5) is 0. The van der Waals surface area contributed by atoms with Gasteiger partial charge in [0.25, 0.3) is 0 Å². The largest absolute Gasteiger partial charge is 0.357 e. The summed E-state index contributed by atoms with van der Waals surface area (Å²) in [5.41, 5.74) is 2.11. The van der Waals surface area contributed by atoms with E-state index in [4.69, 9.17) is 16.3 Å². The van der Waals surface area contributed by atoms with Crippen molar-refractivity contribution >= 4 is 11.6 Å². The first-order valence-electron chi connectivity index (χ1n) is 5.03. The lowest BCUT2D eigenvalue weighted by atomic mass is 10.2. The third-order valence-corrected chi connectivity index (χ3v) is 2.90. The first kappa shape index (κ1) is 9.99. The number of hydrogen-bond acceptors (Lipinski definition) is 2. The first-order chi connectivity index (χ1) is 6.81. The molecule has 1 unspecified atom stereocenters. The summed E-state index contributed by atoms with van der Waals surface area (Å²) < 4.78 is 7.54. The summed E-state index contributed by atoms with van der Waals surface area (Å²) in [6.45, 7) is 2.83. The van der Waals surface area contributed by atoms with Crippen LogP contribution >= 0.6 is 11.6 Å². The minimum absolute atomic E-state index is 0.124. The van der Waals surface area contributed by atoms with Gasteiger partial charge in [-0.25, -0.2) is 4.68 Å². The molecule has 1 aromatic heterocycles. The molecule has 4 heteroatoms. The fourth-order valence-electron chi connectivity index (χ4n) is 1.73. The third kappa shape index (κ3) is 1.93. The summed E-state index contributed by atoms with van der Waals surface area (Å²) in [7, 11) is 0. The van der Waals surface area contributed by atoms with Gasteiger partial charge in [0.15, 0.2) is 0 Å². The van der Waals surface area contributed by atoms with Crippen LogP contribution in [0.1, 0.15) is 36.7 Å². The van der Waals surface area contributed by atoms with Crippen LogP contribution in [0.4, 0.5) is 0 Å². The molecule has 0 radical (unpaired) electrons. The molecule has 1 atom stereocenters. The average molecular weight is 215 g/mol. The zero-order chi connectivity index (χ0) is 9.97. The summed E-state index contributed by atoms with van der Waals surface area (Å²) in [6.07, 6.45) is 5.57. The maximum atomic E-state index is 5.79. The Hall–Kier alpha value is -0.540. The van der Waals surface area contributed by atoms with Crippen molar-refractivity contribution < 1.29 is 4.74 Å². The number of alkyl halides is 1. The molecule has 1 aliphatic heterocycles. The predicted molar refractivity (Wildman–Crippen MR) is 55.4 cm³/mol. The maximum Gasteiger partial charge on any atom is 0.150 e. The van der Waals surface area contributed by atoms with Gasteiger partial charge in [0, 0.05) is 18.4 Å². The van der Waals surface area contributed by atoms with Gasteiger partial charge in [-0.05, 0) is 26.2 Å². The van der Waals surface area contributed by atoms with E-state index in [1.807, 2.05) is 17.8 Å². The van der Waals surface area contributed by atoms with Gasteiger partial charge in [0.05, 0.1) is 11.6 Å². The van der Waals surface area contributed by atoms with E-state index in [0.717, 1.165) is 24.3 Å². The van der Waals surface area contributed by atoms with E-state index in [0.29, 0.717) is 5.88 Å². The summed E-state index contributed by atoms with van der Waals surface area (Å²) >= 11 is 5.79. The molecule has 0 spiro atoms. The Bertz CT molecular complexity index is 305. The Balaban J connectivity index is 2.14. The lowest BCUT2D eigenvalue weighted by Gasteiger charge is -2.22. The van der Waals surface area contributed by atoms with Crippen LogP contribution in [-0.4, -0.2) is 16.4 Å². The van der Waals surface area contributed by atoms with Gasteiger partial charge in [-0.1, -0.05) is 0 Å². The Kier molecular flexibility index (Phi) is 3.08. The molecule has 0 N–H and O–H groups in total. The van der Waals surface area contributed by atoms with Gasteiger partial charge in [-0.3, -0.25) is 0 Å². The quantitative estimate of drug-likeness (QED) is 0.708. The zero-order valence-electron chi connectivity index (χ0n) is 8.37. The second kappa shape index (κ2) is 4.32. The summed E-state index contributed by atoms with van der Waals surface area (Å²) in [5, 5.41) is 4.41. The van der Waals surface area contributed by atoms with E-state index >= 15 is 0 Å². The van der Waals surface area contributed by atoms with Crippen LogP contribution in [0.25, 0.3) is 0 Å². The fourth-order valence-corrected chi connectivity index (χ4v) is 1.99. The van der Waals surface area contributed by atoms with Crippen molar-refractivity contribution in [1.82, 2.24) is 9.78 Å². The minimum Gasteiger partial charge on any atom is -0.357 e. The normalized spacial score (nSPS) is 22.6. The van der Waals surface area contributed by atoms with Gasteiger partial charge in [-0.2, -0.15) is 5.10 Å². The molecule has 1 aliphatic rings. The second-order valence-corrected chi connectivity index (χ2v) is 3.94. The topological polar surface area (TPSA) is 27.1 Å². The molecule has 1 saturated heterocycles. The van der Waals surface area contributed by atoms with Crippen molar-refractivity contribution in [1.29, 1.82) is 0 Å². The van der Waals surface area contributed by atoms with Crippen LogP contribution in [-0.2, 0) is 10.6 Å². The molecular formula is C10H15ClN2O. The van der Waals surface area contributed by atoms with Crippen molar-refractivity contribution in [2.45, 2.75) is 38.3 Å². The maximum absolute atomic E-state index is 5.79. The highest BCUT2D eigenvalue weighted by molar-refractivity contribution is 6.17. The number of ether oxygens (including phenoxy) is 1. The molecule has 3 nitrogen and oxygen atoms in total. The summed E-state index contributed by atoms with van der Waals surface area (Å²) in [5.74, 6) is 0.526. The molecule has 14 heavy (non-hydrogen) atoms. The number of aryl methyl sites for hydroxylation is 1. The lowest BCUT2D eigenvalue weighted by molar-refractivity contribution is -0.0396. The number of rotatable bonds is 2. The summed E-state index contributed by atoms with van der Waals surface area (Å²) in [6, 6.07) is 0. The standard InChI is InChI=1S/C10H15ClN2O/c1-8-9(6-11)7-13(12-8)10-4-2-3-5-14-10/h7,10H,2-6H2,1H3. The zero-order valence-corrected chi connectivity index (χ0v) is 9.13. The van der Waals surface area contributed by atoms with Crippen LogP contribution in [0.5, 0.6) is 0 Å². The molecule has 0 aromatic carbocycles. The van der Waals surface area contributed by atoms with Crippen LogP contribution in [0.2, 0.25) is 0 Å². The van der Waals surface area contributed by atoms with Gasteiger partial charge < -0.3 is 4.74 Å². The molecule has 0 bridgehead atoms. The Morgan fingerprint density at radius 1 is 1.64 bits per heavy atom. The second-order valence-electron chi connectivity index (χ2n) is 3.67. The highest BCUT2D eigenvalue weighted by Crippen LogP contribution is 2.23. The Morgan fingerprint density at radius 2 is 2.50 bits per heavy atom. The third-order valence-electron chi connectivity index (χ3n) is 2.61.